The van der Waals surface area contributed by atoms with E-state index in [2.05, 4.69) is 9.98 Å². The van der Waals surface area contributed by atoms with Crippen LogP contribution >= 0.6 is 11.3 Å². The zero-order valence-electron chi connectivity index (χ0n) is 14.8. The molecule has 0 bridgehead atoms. The van der Waals surface area contributed by atoms with Crippen molar-refractivity contribution in [1.82, 2.24) is 0 Å². The van der Waals surface area contributed by atoms with Gasteiger partial charge in [-0.05, 0) is 24.3 Å². The molecule has 3 rings (SSSR count). The van der Waals surface area contributed by atoms with Crippen molar-refractivity contribution in [2.24, 2.45) is 9.98 Å². The standard InChI is InChI=1S/C20H18N2O4S/c1-25-17-7-3-5-13(19(17)23)9-21-15-11-27-12-16(15)22-10-14-6-4-8-18(26-2)20(14)24/h3-12,23-24H,1-2H3/b21-9+,22-10+. The molecule has 0 aliphatic carbocycles. The lowest BCUT2D eigenvalue weighted by atomic mass is 10.2. The second-order valence-corrected chi connectivity index (χ2v) is 6.20. The minimum absolute atomic E-state index is 0.0327. The van der Waals surface area contributed by atoms with Crippen molar-refractivity contribution >= 4 is 35.1 Å². The SMILES string of the molecule is COc1cccc(/C=N/c2cscc2/N=C/c2cccc(OC)c2O)c1O. The second kappa shape index (κ2) is 8.37. The van der Waals surface area contributed by atoms with Crippen molar-refractivity contribution in [2.75, 3.05) is 14.2 Å². The highest BCUT2D eigenvalue weighted by atomic mass is 32.1. The Morgan fingerprint density at radius 3 is 1.63 bits per heavy atom. The van der Waals surface area contributed by atoms with E-state index in [9.17, 15) is 10.2 Å². The summed E-state index contributed by atoms with van der Waals surface area (Å²) in [5.41, 5.74) is 2.39. The van der Waals surface area contributed by atoms with Crippen LogP contribution in [0.1, 0.15) is 11.1 Å². The van der Waals surface area contributed by atoms with Gasteiger partial charge in [0.05, 0.1) is 25.6 Å². The van der Waals surface area contributed by atoms with E-state index < -0.39 is 0 Å². The molecule has 2 aromatic carbocycles. The third kappa shape index (κ3) is 4.09. The van der Waals surface area contributed by atoms with Crippen molar-refractivity contribution in [2.45, 2.75) is 0 Å². The first-order chi connectivity index (χ1) is 13.1. The van der Waals surface area contributed by atoms with E-state index in [1.165, 1.54) is 25.6 Å². The smallest absolute Gasteiger partial charge is 0.166 e. The van der Waals surface area contributed by atoms with Crippen LogP contribution in [0.4, 0.5) is 11.4 Å². The molecule has 3 aromatic rings. The molecule has 0 aliphatic rings. The van der Waals surface area contributed by atoms with E-state index in [-0.39, 0.29) is 11.5 Å². The van der Waals surface area contributed by atoms with Gasteiger partial charge in [0.25, 0.3) is 0 Å². The summed E-state index contributed by atoms with van der Waals surface area (Å²) in [4.78, 5) is 8.82. The quantitative estimate of drug-likeness (QED) is 0.607. The maximum atomic E-state index is 10.1. The summed E-state index contributed by atoms with van der Waals surface area (Å²) in [5.74, 6) is 0.836. The summed E-state index contributed by atoms with van der Waals surface area (Å²) >= 11 is 1.46. The highest BCUT2D eigenvalue weighted by Crippen LogP contribution is 2.34. The molecule has 0 unspecified atom stereocenters. The van der Waals surface area contributed by atoms with Crippen molar-refractivity contribution in [3.05, 3.63) is 58.3 Å². The number of ether oxygens (including phenoxy) is 2. The predicted octanol–water partition coefficient (Wildman–Crippen LogP) is 4.68. The molecule has 7 heteroatoms. The number of phenols is 2. The van der Waals surface area contributed by atoms with Crippen LogP contribution in [0.2, 0.25) is 0 Å². The number of hydrogen-bond donors (Lipinski definition) is 2. The molecule has 1 aromatic heterocycles. The Kier molecular flexibility index (Phi) is 5.73. The number of nitrogens with zero attached hydrogens (tertiary/aromatic N) is 2. The number of benzene rings is 2. The van der Waals surface area contributed by atoms with Crippen molar-refractivity contribution in [3.63, 3.8) is 0 Å². The van der Waals surface area contributed by atoms with Crippen LogP contribution in [0, 0.1) is 0 Å². The Morgan fingerprint density at radius 2 is 1.22 bits per heavy atom. The minimum Gasteiger partial charge on any atom is -0.504 e. The van der Waals surface area contributed by atoms with Crippen LogP contribution in [0.15, 0.2) is 57.1 Å². The first-order valence-electron chi connectivity index (χ1n) is 8.00. The highest BCUT2D eigenvalue weighted by Gasteiger charge is 2.07. The van der Waals surface area contributed by atoms with Gasteiger partial charge < -0.3 is 19.7 Å². The van der Waals surface area contributed by atoms with Crippen molar-refractivity contribution < 1.29 is 19.7 Å². The lowest BCUT2D eigenvalue weighted by Gasteiger charge is -2.05. The molecule has 27 heavy (non-hydrogen) atoms. The van der Waals surface area contributed by atoms with Gasteiger partial charge in [-0.3, -0.25) is 9.98 Å². The summed E-state index contributed by atoms with van der Waals surface area (Å²) in [6.45, 7) is 0. The summed E-state index contributed by atoms with van der Waals surface area (Å²) in [7, 11) is 2.99. The van der Waals surface area contributed by atoms with Crippen molar-refractivity contribution in [1.29, 1.82) is 0 Å². The zero-order chi connectivity index (χ0) is 19.2. The van der Waals surface area contributed by atoms with E-state index in [4.69, 9.17) is 9.47 Å². The topological polar surface area (TPSA) is 83.6 Å². The van der Waals surface area contributed by atoms with Crippen LogP contribution in [-0.4, -0.2) is 36.9 Å². The highest BCUT2D eigenvalue weighted by molar-refractivity contribution is 7.08. The maximum Gasteiger partial charge on any atom is 0.166 e. The number of hydrogen-bond acceptors (Lipinski definition) is 7. The largest absolute Gasteiger partial charge is 0.504 e. The third-order valence-corrected chi connectivity index (χ3v) is 4.53. The average Bonchev–Trinajstić information content (AvgIpc) is 3.14. The summed E-state index contributed by atoms with van der Waals surface area (Å²) in [6.07, 6.45) is 3.11. The van der Waals surface area contributed by atoms with Gasteiger partial charge >= 0.3 is 0 Å². The molecule has 0 saturated carbocycles. The van der Waals surface area contributed by atoms with E-state index in [0.717, 1.165) is 0 Å². The monoisotopic (exact) mass is 382 g/mol. The Morgan fingerprint density at radius 1 is 0.778 bits per heavy atom. The lowest BCUT2D eigenvalue weighted by Crippen LogP contribution is -1.88. The van der Waals surface area contributed by atoms with Gasteiger partial charge in [0.15, 0.2) is 23.0 Å². The van der Waals surface area contributed by atoms with Crippen LogP contribution in [0.3, 0.4) is 0 Å². The molecule has 0 saturated heterocycles. The zero-order valence-corrected chi connectivity index (χ0v) is 15.6. The fraction of sp³-hybridized carbons (Fsp3) is 0.100. The number of thiophene rings is 1. The molecule has 6 nitrogen and oxygen atoms in total. The summed E-state index contributed by atoms with van der Waals surface area (Å²) < 4.78 is 10.2. The second-order valence-electron chi connectivity index (χ2n) is 5.45. The number of para-hydroxylation sites is 2. The van der Waals surface area contributed by atoms with Gasteiger partial charge in [0.2, 0.25) is 0 Å². The molecule has 2 N–H and O–H groups in total. The molecule has 0 fully saturated rings. The molecular formula is C20H18N2O4S. The molecule has 0 aliphatic heterocycles. The number of aliphatic imine (C=N–C) groups is 2. The Bertz CT molecular complexity index is 917. The van der Waals surface area contributed by atoms with Gasteiger partial charge in [-0.15, -0.1) is 11.3 Å². The molecular weight excluding hydrogens is 364 g/mol. The Balaban J connectivity index is 1.85. The average molecular weight is 382 g/mol. The lowest BCUT2D eigenvalue weighted by molar-refractivity contribution is 0.373. The van der Waals surface area contributed by atoms with E-state index in [1.54, 1.807) is 48.8 Å². The Hall–Kier alpha value is -3.32. The van der Waals surface area contributed by atoms with E-state index in [1.807, 2.05) is 10.8 Å². The van der Waals surface area contributed by atoms with Crippen LogP contribution < -0.4 is 9.47 Å². The molecule has 138 valence electrons. The predicted molar refractivity (Wildman–Crippen MR) is 108 cm³/mol. The third-order valence-electron chi connectivity index (χ3n) is 3.81. The first kappa shape index (κ1) is 18.5. The Labute approximate surface area is 160 Å². The van der Waals surface area contributed by atoms with Gasteiger partial charge in [0, 0.05) is 34.3 Å². The number of methoxy groups -OCH3 is 2. The van der Waals surface area contributed by atoms with Crippen LogP contribution in [0.5, 0.6) is 23.0 Å². The molecule has 0 amide bonds. The summed E-state index contributed by atoms with van der Waals surface area (Å²) in [6, 6.07) is 10.4. The number of aromatic hydroxyl groups is 2. The fourth-order valence-electron chi connectivity index (χ4n) is 2.37. The normalized spacial score (nSPS) is 11.3. The molecule has 0 radical (unpaired) electrons. The molecule has 1 heterocycles. The van der Waals surface area contributed by atoms with Gasteiger partial charge in [0.1, 0.15) is 0 Å². The first-order valence-corrected chi connectivity index (χ1v) is 8.94. The fourth-order valence-corrected chi connectivity index (χ4v) is 3.06. The maximum absolute atomic E-state index is 10.1. The number of phenolic OH excluding ortho intramolecular Hbond substituents is 2. The van der Waals surface area contributed by atoms with Crippen molar-refractivity contribution in [3.8, 4) is 23.0 Å². The van der Waals surface area contributed by atoms with Crippen LogP contribution in [0.25, 0.3) is 0 Å². The van der Waals surface area contributed by atoms with E-state index >= 15 is 0 Å². The van der Waals surface area contributed by atoms with Gasteiger partial charge in [-0.25, -0.2) is 0 Å². The van der Waals surface area contributed by atoms with E-state index in [0.29, 0.717) is 34.0 Å². The minimum atomic E-state index is 0.0327. The summed E-state index contributed by atoms with van der Waals surface area (Å²) in [5, 5.41) is 24.0. The number of rotatable bonds is 6. The van der Waals surface area contributed by atoms with Gasteiger partial charge in [-0.1, -0.05) is 12.1 Å². The molecule has 0 atom stereocenters. The molecule has 0 spiro atoms. The van der Waals surface area contributed by atoms with Crippen LogP contribution in [-0.2, 0) is 0 Å². The van der Waals surface area contributed by atoms with Gasteiger partial charge in [-0.2, -0.15) is 0 Å².